The van der Waals surface area contributed by atoms with Gasteiger partial charge in [0, 0.05) is 0 Å². The topological polar surface area (TPSA) is 75.3 Å². The Labute approximate surface area is 102 Å². The molecule has 0 radical (unpaired) electrons. The number of hydrogen-bond acceptors (Lipinski definition) is 5. The van der Waals surface area contributed by atoms with E-state index in [0.717, 1.165) is 11.1 Å². The molecule has 0 fully saturated rings. The van der Waals surface area contributed by atoms with Gasteiger partial charge in [0.2, 0.25) is 0 Å². The Hall–Kier alpha value is -2.43. The first-order valence-electron chi connectivity index (χ1n) is 5.52. The quantitative estimate of drug-likeness (QED) is 0.576. The summed E-state index contributed by atoms with van der Waals surface area (Å²) in [7, 11) is 0. The molecule has 0 saturated heterocycles. The maximum absolute atomic E-state index is 11.6. The van der Waals surface area contributed by atoms with E-state index in [-0.39, 0.29) is 11.4 Å². The number of nitrogens with one attached hydrogen (secondary N) is 2. The number of hydrogen-bond donors (Lipinski definition) is 2. The molecule has 2 N–H and O–H groups in total. The molecule has 90 valence electrons. The summed E-state index contributed by atoms with van der Waals surface area (Å²) in [5, 5.41) is 5.73. The van der Waals surface area contributed by atoms with Crippen molar-refractivity contribution >= 4 is 22.7 Å². The van der Waals surface area contributed by atoms with Crippen LogP contribution in [0.4, 0.5) is 22.7 Å². The molecule has 0 spiro atoms. The summed E-state index contributed by atoms with van der Waals surface area (Å²) < 4.78 is 0. The molecule has 5 heteroatoms. The molecule has 2 aromatic rings. The maximum atomic E-state index is 11.6. The van der Waals surface area contributed by atoms with Crippen molar-refractivity contribution in [2.24, 2.45) is 0 Å². The van der Waals surface area contributed by atoms with Crippen molar-refractivity contribution in [3.05, 3.63) is 53.9 Å². The Morgan fingerprint density at radius 3 is 1.50 bits per heavy atom. The fourth-order valence-corrected chi connectivity index (χ4v) is 2.09. The predicted octanol–water partition coefficient (Wildman–Crippen LogP) is 1.06. The van der Waals surface area contributed by atoms with Gasteiger partial charge in [0.15, 0.2) is 0 Å². The minimum Gasteiger partial charge on any atom is -0.349 e. The molecule has 18 heavy (non-hydrogen) atoms. The zero-order valence-electron chi connectivity index (χ0n) is 9.88. The van der Waals surface area contributed by atoms with Crippen LogP contribution in [0.25, 0.3) is 0 Å². The van der Waals surface area contributed by atoms with Gasteiger partial charge in [-0.2, -0.15) is 0 Å². The van der Waals surface area contributed by atoms with Crippen molar-refractivity contribution in [1.29, 1.82) is 0 Å². The minimum absolute atomic E-state index is 0.0563. The van der Waals surface area contributed by atoms with Crippen LogP contribution in [0.2, 0.25) is 0 Å². The molecule has 0 amide bonds. The van der Waals surface area contributed by atoms with Crippen LogP contribution >= 0.6 is 0 Å². The van der Waals surface area contributed by atoms with Gasteiger partial charge in [0.1, 0.15) is 11.4 Å². The summed E-state index contributed by atoms with van der Waals surface area (Å²) in [6.07, 6.45) is 0. The normalized spacial score (nSPS) is 12.3. The lowest BCUT2D eigenvalue weighted by Crippen LogP contribution is -2.30. The molecule has 3 rings (SSSR count). The van der Waals surface area contributed by atoms with Crippen LogP contribution in [0.5, 0.6) is 0 Å². The predicted molar refractivity (Wildman–Crippen MR) is 70.1 cm³/mol. The largest absolute Gasteiger partial charge is 0.349 e. The number of benzene rings is 1. The highest BCUT2D eigenvalue weighted by Crippen LogP contribution is 2.36. The molecule has 0 unspecified atom stereocenters. The van der Waals surface area contributed by atoms with Crippen molar-refractivity contribution in [3.8, 4) is 0 Å². The smallest absolute Gasteiger partial charge is 0.277 e. The lowest BCUT2D eigenvalue weighted by molar-refractivity contribution is 1.32. The van der Waals surface area contributed by atoms with Crippen molar-refractivity contribution < 1.29 is 0 Å². The summed E-state index contributed by atoms with van der Waals surface area (Å²) in [6, 6.07) is 3.75. The molecule has 1 heterocycles. The third-order valence-corrected chi connectivity index (χ3v) is 3.27. The minimum atomic E-state index is -0.985. The van der Waals surface area contributed by atoms with Gasteiger partial charge in [-0.3, -0.25) is 14.4 Å². The highest BCUT2D eigenvalue weighted by Gasteiger charge is 2.25. The van der Waals surface area contributed by atoms with Crippen LogP contribution in [0.1, 0.15) is 11.1 Å². The first kappa shape index (κ1) is 10.7. The third-order valence-electron chi connectivity index (χ3n) is 3.27. The fourth-order valence-electron chi connectivity index (χ4n) is 2.09. The highest BCUT2D eigenvalue weighted by atomic mass is 16.2. The lowest BCUT2D eigenvalue weighted by Gasteiger charge is -2.20. The molecule has 0 aliphatic carbocycles. The number of anilines is 4. The van der Waals surface area contributed by atoms with Gasteiger partial charge < -0.3 is 10.6 Å². The van der Waals surface area contributed by atoms with Crippen molar-refractivity contribution in [2.45, 2.75) is 13.8 Å². The Balaban J connectivity index is 2.27. The van der Waals surface area contributed by atoms with Crippen molar-refractivity contribution in [3.63, 3.8) is 0 Å². The van der Waals surface area contributed by atoms with E-state index in [0.29, 0.717) is 11.4 Å². The fraction of sp³-hybridized carbons (Fsp3) is 0.154. The van der Waals surface area contributed by atoms with E-state index in [9.17, 15) is 14.4 Å². The zero-order valence-corrected chi connectivity index (χ0v) is 9.88. The third kappa shape index (κ3) is 1.24. The second-order valence-corrected chi connectivity index (χ2v) is 4.47. The molecular weight excluding hydrogens is 232 g/mol. The first-order valence-corrected chi connectivity index (χ1v) is 5.52. The van der Waals surface area contributed by atoms with Crippen LogP contribution in [0.15, 0.2) is 26.5 Å². The number of rotatable bonds is 0. The highest BCUT2D eigenvalue weighted by molar-refractivity contribution is 5.91. The van der Waals surface area contributed by atoms with Crippen LogP contribution in [-0.4, -0.2) is 0 Å². The average Bonchev–Trinajstić information content (AvgIpc) is 2.54. The molecule has 0 aromatic heterocycles. The molecule has 1 aliphatic heterocycles. The molecule has 2 aromatic carbocycles. The van der Waals surface area contributed by atoms with E-state index in [2.05, 4.69) is 10.6 Å². The van der Waals surface area contributed by atoms with Crippen LogP contribution < -0.4 is 26.9 Å². The number of aryl methyl sites for hydroxylation is 2. The average molecular weight is 242 g/mol. The summed E-state index contributed by atoms with van der Waals surface area (Å²) >= 11 is 0. The molecule has 0 saturated carbocycles. The van der Waals surface area contributed by atoms with E-state index >= 15 is 0 Å². The summed E-state index contributed by atoms with van der Waals surface area (Å²) in [5.41, 5.74) is 1.12. The zero-order chi connectivity index (χ0) is 13.0. The Kier molecular flexibility index (Phi) is 1.96. The Morgan fingerprint density at radius 2 is 1.11 bits per heavy atom. The van der Waals surface area contributed by atoms with E-state index < -0.39 is 16.3 Å². The molecule has 5 nitrogen and oxygen atoms in total. The van der Waals surface area contributed by atoms with Crippen LogP contribution in [-0.2, 0) is 0 Å². The molecular formula is C13H10N2O3. The van der Waals surface area contributed by atoms with Crippen molar-refractivity contribution in [1.82, 2.24) is 0 Å². The van der Waals surface area contributed by atoms with E-state index in [1.807, 2.05) is 26.0 Å². The van der Waals surface area contributed by atoms with E-state index in [1.165, 1.54) is 0 Å². The van der Waals surface area contributed by atoms with Gasteiger partial charge in [-0.15, -0.1) is 0 Å². The molecule has 0 bridgehead atoms. The van der Waals surface area contributed by atoms with Crippen LogP contribution in [0, 0.1) is 13.8 Å². The van der Waals surface area contributed by atoms with Crippen LogP contribution in [0.3, 0.4) is 0 Å². The van der Waals surface area contributed by atoms with E-state index in [1.54, 1.807) is 0 Å². The number of fused-ring (bicyclic) bond motifs is 2. The maximum Gasteiger partial charge on any atom is 0.277 e. The molecule has 1 aliphatic rings. The monoisotopic (exact) mass is 242 g/mol. The Morgan fingerprint density at radius 1 is 0.722 bits per heavy atom. The van der Waals surface area contributed by atoms with Gasteiger partial charge in [-0.25, -0.2) is 0 Å². The second kappa shape index (κ2) is 3.29. The summed E-state index contributed by atoms with van der Waals surface area (Å²) in [4.78, 5) is 34.5. The first-order chi connectivity index (χ1) is 8.49. The molecule has 0 atom stereocenters. The standard InChI is InChI=1S/C13H10N2O3/c1-5-3-7-8(4-6(5)2)15-10-9(14-7)11(16)13(18)12(10)17/h3-4,14-15H,1-2H3. The van der Waals surface area contributed by atoms with Crippen molar-refractivity contribution in [2.75, 3.05) is 10.6 Å². The second-order valence-electron chi connectivity index (χ2n) is 4.47. The van der Waals surface area contributed by atoms with Gasteiger partial charge in [-0.1, -0.05) is 0 Å². The van der Waals surface area contributed by atoms with Gasteiger partial charge in [0.25, 0.3) is 16.3 Å². The van der Waals surface area contributed by atoms with Gasteiger partial charge in [-0.05, 0) is 37.1 Å². The Bertz CT molecular complexity index is 749. The SMILES string of the molecule is Cc1cc2c(cc1C)Nc1c(c(=O)c(=O)c1=O)N2. The lowest BCUT2D eigenvalue weighted by atomic mass is 10.1. The van der Waals surface area contributed by atoms with Gasteiger partial charge in [0.05, 0.1) is 11.4 Å². The van der Waals surface area contributed by atoms with Gasteiger partial charge >= 0.3 is 0 Å². The summed E-state index contributed by atoms with van der Waals surface area (Å²) in [5.74, 6) is 0. The van der Waals surface area contributed by atoms with E-state index in [4.69, 9.17) is 0 Å². The summed E-state index contributed by atoms with van der Waals surface area (Å²) in [6.45, 7) is 3.90.